The summed E-state index contributed by atoms with van der Waals surface area (Å²) in [4.78, 5) is 16.9. The van der Waals surface area contributed by atoms with Gasteiger partial charge in [0.05, 0.1) is 11.6 Å². The Morgan fingerprint density at radius 3 is 2.84 bits per heavy atom. The molecule has 1 unspecified atom stereocenters. The summed E-state index contributed by atoms with van der Waals surface area (Å²) in [5, 5.41) is 12.3. The van der Waals surface area contributed by atoms with E-state index in [1.807, 2.05) is 54.6 Å². The van der Waals surface area contributed by atoms with Crippen molar-refractivity contribution in [3.05, 3.63) is 94.6 Å². The molecule has 0 bridgehead atoms. The number of aromatic nitrogens is 1. The van der Waals surface area contributed by atoms with Gasteiger partial charge in [-0.3, -0.25) is 9.78 Å². The van der Waals surface area contributed by atoms with Crippen LogP contribution in [0.4, 0.5) is 0 Å². The number of carbonyl (C=O) groups is 1. The molecule has 3 aromatic carbocycles. The Morgan fingerprint density at radius 2 is 1.97 bits per heavy atom. The van der Waals surface area contributed by atoms with Crippen LogP contribution in [0.2, 0.25) is 5.02 Å². The number of phenols is 1. The number of carbonyl (C=O) groups excluding carboxylic acids is 1. The predicted molar refractivity (Wildman–Crippen MR) is 142 cm³/mol. The first-order valence-corrected chi connectivity index (χ1v) is 12.7. The monoisotopic (exact) mass is 517 g/mol. The highest BCUT2D eigenvalue weighted by Crippen LogP contribution is 2.38. The Bertz CT molecular complexity index is 1390. The van der Waals surface area contributed by atoms with Crippen molar-refractivity contribution in [2.24, 2.45) is 0 Å². The molecule has 0 amide bonds. The van der Waals surface area contributed by atoms with E-state index in [9.17, 15) is 9.90 Å². The first-order valence-electron chi connectivity index (χ1n) is 12.4. The van der Waals surface area contributed by atoms with Gasteiger partial charge in [0.2, 0.25) is 0 Å². The summed E-state index contributed by atoms with van der Waals surface area (Å²) in [6, 6.07) is 20.9. The smallest absolute Gasteiger partial charge is 0.189 e. The summed E-state index contributed by atoms with van der Waals surface area (Å²) >= 11 is 6.55. The van der Waals surface area contributed by atoms with Crippen LogP contribution in [0.5, 0.6) is 17.2 Å². The number of ketones is 1. The van der Waals surface area contributed by atoms with Crippen LogP contribution in [0.3, 0.4) is 0 Å². The fraction of sp³-hybridized carbons (Fsp3) is 0.267. The normalized spacial score (nSPS) is 13.5. The van der Waals surface area contributed by atoms with Crippen LogP contribution in [-0.4, -0.2) is 29.3 Å². The van der Waals surface area contributed by atoms with Gasteiger partial charge >= 0.3 is 0 Å². The Hall–Kier alpha value is -3.61. The number of nitrogens with zero attached hydrogens (tertiary/aromatic N) is 1. The second kappa shape index (κ2) is 11.6. The van der Waals surface area contributed by atoms with Crippen LogP contribution in [-0.2, 0) is 22.6 Å². The van der Waals surface area contributed by atoms with Gasteiger partial charge in [0.25, 0.3) is 0 Å². The van der Waals surface area contributed by atoms with Crippen molar-refractivity contribution in [3.63, 3.8) is 0 Å². The molecule has 1 aliphatic heterocycles. The van der Waals surface area contributed by atoms with E-state index >= 15 is 0 Å². The number of hydrogen-bond acceptors (Lipinski definition) is 6. The molecule has 190 valence electrons. The number of hydrogen-bond donors (Lipinski definition) is 1. The lowest BCUT2D eigenvalue weighted by atomic mass is 9.86. The molecule has 6 nitrogen and oxygen atoms in total. The van der Waals surface area contributed by atoms with Gasteiger partial charge in [0.15, 0.2) is 12.6 Å². The van der Waals surface area contributed by atoms with Crippen molar-refractivity contribution in [1.82, 2.24) is 4.98 Å². The van der Waals surface area contributed by atoms with Gasteiger partial charge in [-0.25, -0.2) is 0 Å². The highest BCUT2D eigenvalue weighted by atomic mass is 35.5. The highest BCUT2D eigenvalue weighted by molar-refractivity contribution is 6.35. The molecule has 0 aliphatic carbocycles. The minimum absolute atomic E-state index is 0.0400. The lowest BCUT2D eigenvalue weighted by Gasteiger charge is -2.23. The zero-order chi connectivity index (χ0) is 25.6. The van der Waals surface area contributed by atoms with Gasteiger partial charge in [-0.15, -0.1) is 0 Å². The fourth-order valence-corrected chi connectivity index (χ4v) is 4.99. The van der Waals surface area contributed by atoms with Crippen LogP contribution in [0.15, 0.2) is 72.9 Å². The number of pyridine rings is 1. The molecule has 0 fully saturated rings. The molecule has 0 radical (unpaired) electrons. The molecule has 5 rings (SSSR count). The van der Waals surface area contributed by atoms with Crippen LogP contribution < -0.4 is 9.47 Å². The number of halogens is 1. The van der Waals surface area contributed by atoms with Crippen LogP contribution in [0.1, 0.15) is 41.9 Å². The Labute approximate surface area is 220 Å². The van der Waals surface area contributed by atoms with Gasteiger partial charge < -0.3 is 19.3 Å². The summed E-state index contributed by atoms with van der Waals surface area (Å²) in [7, 11) is 0. The van der Waals surface area contributed by atoms with E-state index in [1.54, 1.807) is 12.3 Å². The van der Waals surface area contributed by atoms with Crippen LogP contribution in [0.25, 0.3) is 10.9 Å². The first kappa shape index (κ1) is 25.1. The number of phenolic OH excluding ortho intramolecular Hbond substituents is 1. The summed E-state index contributed by atoms with van der Waals surface area (Å²) < 4.78 is 16.7. The highest BCUT2D eigenvalue weighted by Gasteiger charge is 2.21. The molecule has 0 saturated heterocycles. The Kier molecular flexibility index (Phi) is 7.87. The molecule has 1 aromatic heterocycles. The first-order chi connectivity index (χ1) is 18.1. The van der Waals surface area contributed by atoms with Crippen molar-refractivity contribution < 1.29 is 24.1 Å². The quantitative estimate of drug-likeness (QED) is 0.255. The second-order valence-electron chi connectivity index (χ2n) is 9.18. The maximum absolute atomic E-state index is 12.5. The maximum Gasteiger partial charge on any atom is 0.189 e. The van der Waals surface area contributed by atoms with E-state index in [2.05, 4.69) is 11.1 Å². The zero-order valence-corrected chi connectivity index (χ0v) is 21.1. The molecular weight excluding hydrogens is 490 g/mol. The van der Waals surface area contributed by atoms with E-state index in [4.69, 9.17) is 25.8 Å². The number of para-hydroxylation sites is 1. The van der Waals surface area contributed by atoms with Crippen molar-refractivity contribution in [3.8, 4) is 17.2 Å². The predicted octanol–water partition coefficient (Wildman–Crippen LogP) is 6.61. The number of aromatic hydroxyl groups is 1. The third-order valence-electron chi connectivity index (χ3n) is 6.62. The van der Waals surface area contributed by atoms with Crippen LogP contribution >= 0.6 is 11.6 Å². The minimum Gasteiger partial charge on any atom is -0.505 e. The number of fused-ring (bicyclic) bond motifs is 2. The number of ether oxygens (including phenoxy) is 3. The standard InChI is InChI=1S/C30H28ClNO5/c31-27-16-22(30(34)29-26(27)10-5-13-32-29)14-20(21-11-12-28-23(15-21)17-35-19-37-28)6-4-7-24(33)18-36-25-8-2-1-3-9-25/h1-3,5,8-13,15-16,20,34H,4,6-7,14,17-19H2. The van der Waals surface area contributed by atoms with E-state index in [1.165, 1.54) is 0 Å². The average Bonchev–Trinajstić information content (AvgIpc) is 2.94. The lowest BCUT2D eigenvalue weighted by Crippen LogP contribution is -2.13. The van der Waals surface area contributed by atoms with Crippen molar-refractivity contribution >= 4 is 28.3 Å². The Morgan fingerprint density at radius 1 is 1.11 bits per heavy atom. The maximum atomic E-state index is 12.5. The molecule has 0 spiro atoms. The third-order valence-corrected chi connectivity index (χ3v) is 6.94. The molecule has 1 atom stereocenters. The molecule has 37 heavy (non-hydrogen) atoms. The number of Topliss-reactive ketones (excluding diaryl/α,β-unsaturated/α-hetero) is 1. The molecule has 2 heterocycles. The third kappa shape index (κ3) is 6.04. The van der Waals surface area contributed by atoms with Gasteiger partial charge in [0, 0.05) is 23.6 Å². The van der Waals surface area contributed by atoms with E-state index in [0.29, 0.717) is 47.5 Å². The van der Waals surface area contributed by atoms with Gasteiger partial charge in [0.1, 0.15) is 29.4 Å². The van der Waals surface area contributed by atoms with E-state index < -0.39 is 0 Å². The summed E-state index contributed by atoms with van der Waals surface area (Å²) in [5.41, 5.74) is 3.30. The summed E-state index contributed by atoms with van der Waals surface area (Å²) in [6.45, 7) is 0.788. The van der Waals surface area contributed by atoms with E-state index in [-0.39, 0.29) is 30.9 Å². The summed E-state index contributed by atoms with van der Waals surface area (Å²) in [5.74, 6) is 1.74. The van der Waals surface area contributed by atoms with E-state index in [0.717, 1.165) is 28.9 Å². The number of benzene rings is 3. The zero-order valence-electron chi connectivity index (χ0n) is 20.4. The second-order valence-corrected chi connectivity index (χ2v) is 9.58. The molecule has 4 aromatic rings. The van der Waals surface area contributed by atoms with Gasteiger partial charge in [-0.2, -0.15) is 0 Å². The largest absolute Gasteiger partial charge is 0.505 e. The lowest BCUT2D eigenvalue weighted by molar-refractivity contribution is -0.121. The Balaban J connectivity index is 1.33. The molecule has 7 heteroatoms. The molecule has 1 aliphatic rings. The molecule has 1 N–H and O–H groups in total. The fourth-order valence-electron chi connectivity index (χ4n) is 4.71. The van der Waals surface area contributed by atoms with Gasteiger partial charge in [-0.1, -0.05) is 35.9 Å². The number of rotatable bonds is 10. The molecule has 0 saturated carbocycles. The topological polar surface area (TPSA) is 77.9 Å². The van der Waals surface area contributed by atoms with Crippen molar-refractivity contribution in [1.29, 1.82) is 0 Å². The van der Waals surface area contributed by atoms with Gasteiger partial charge in [-0.05, 0) is 78.8 Å². The summed E-state index contributed by atoms with van der Waals surface area (Å²) in [6.07, 6.45) is 4.03. The van der Waals surface area contributed by atoms with Crippen molar-refractivity contribution in [2.75, 3.05) is 13.4 Å². The molecular formula is C30H28ClNO5. The minimum atomic E-state index is 0.0400. The van der Waals surface area contributed by atoms with Crippen LogP contribution in [0, 0.1) is 0 Å². The average molecular weight is 518 g/mol. The SMILES string of the molecule is O=C(CCCC(Cc1cc(Cl)c2cccnc2c1O)c1ccc2c(c1)COCO2)COc1ccccc1. The van der Waals surface area contributed by atoms with Crippen molar-refractivity contribution in [2.45, 2.75) is 38.2 Å².